The molecule has 1 aliphatic rings. The van der Waals surface area contributed by atoms with Crippen LogP contribution in [0.15, 0.2) is 18.2 Å². The van der Waals surface area contributed by atoms with Crippen LogP contribution in [0.4, 0.5) is 4.39 Å². The average molecular weight is 232 g/mol. The Balaban J connectivity index is 2.07. The van der Waals surface area contributed by atoms with Crippen LogP contribution >= 0.6 is 0 Å². The second-order valence-electron chi connectivity index (χ2n) is 4.88. The number of aromatic amines is 1. The van der Waals surface area contributed by atoms with Crippen LogP contribution in [0.3, 0.4) is 0 Å². The first-order valence-corrected chi connectivity index (χ1v) is 6.24. The number of halogens is 1. The van der Waals surface area contributed by atoms with Crippen LogP contribution in [-0.2, 0) is 0 Å². The molecule has 0 aliphatic carbocycles. The van der Waals surface area contributed by atoms with Crippen LogP contribution in [-0.4, -0.2) is 18.1 Å². The lowest BCUT2D eigenvalue weighted by Crippen LogP contribution is -2.27. The summed E-state index contributed by atoms with van der Waals surface area (Å²) < 4.78 is 13.2. The number of hydrogen-bond donors (Lipinski definition) is 2. The Morgan fingerprint density at radius 2 is 2.00 bits per heavy atom. The largest absolute Gasteiger partial charge is 0.358 e. The van der Waals surface area contributed by atoms with Crippen LogP contribution in [0.2, 0.25) is 0 Å². The Bertz CT molecular complexity index is 538. The number of fused-ring (bicyclic) bond motifs is 1. The maximum absolute atomic E-state index is 13.2. The smallest absolute Gasteiger partial charge is 0.125 e. The molecule has 1 aliphatic heterocycles. The quantitative estimate of drug-likeness (QED) is 0.777. The van der Waals surface area contributed by atoms with Crippen LogP contribution in [0.1, 0.15) is 30.0 Å². The molecule has 2 N–H and O–H groups in total. The molecule has 1 saturated heterocycles. The van der Waals surface area contributed by atoms with Crippen molar-refractivity contribution in [1.29, 1.82) is 0 Å². The Hall–Kier alpha value is -1.35. The molecule has 0 atom stereocenters. The molecule has 0 radical (unpaired) electrons. The fourth-order valence-electron chi connectivity index (χ4n) is 2.85. The van der Waals surface area contributed by atoms with Crippen molar-refractivity contribution in [2.75, 3.05) is 13.1 Å². The van der Waals surface area contributed by atoms with Gasteiger partial charge in [-0.3, -0.25) is 0 Å². The van der Waals surface area contributed by atoms with Gasteiger partial charge < -0.3 is 10.3 Å². The summed E-state index contributed by atoms with van der Waals surface area (Å²) in [5.74, 6) is 0.419. The van der Waals surface area contributed by atoms with Crippen molar-refractivity contribution >= 4 is 10.9 Å². The second-order valence-corrected chi connectivity index (χ2v) is 4.88. The van der Waals surface area contributed by atoms with Gasteiger partial charge in [0.1, 0.15) is 5.82 Å². The molecular weight excluding hydrogens is 215 g/mol. The van der Waals surface area contributed by atoms with Gasteiger partial charge in [-0.05, 0) is 56.6 Å². The molecule has 2 aromatic rings. The second kappa shape index (κ2) is 4.15. The molecule has 90 valence electrons. The summed E-state index contributed by atoms with van der Waals surface area (Å²) in [5.41, 5.74) is 3.51. The SMILES string of the molecule is Cc1c(C2CCNCC2)[nH]c2cc(F)ccc12. The van der Waals surface area contributed by atoms with Gasteiger partial charge >= 0.3 is 0 Å². The summed E-state index contributed by atoms with van der Waals surface area (Å²) in [6.07, 6.45) is 2.33. The van der Waals surface area contributed by atoms with E-state index in [4.69, 9.17) is 0 Å². The van der Waals surface area contributed by atoms with E-state index in [2.05, 4.69) is 17.2 Å². The first-order chi connectivity index (χ1) is 8.25. The zero-order valence-electron chi connectivity index (χ0n) is 10.0. The molecule has 2 nitrogen and oxygen atoms in total. The number of rotatable bonds is 1. The molecule has 3 rings (SSSR count). The number of aromatic nitrogens is 1. The molecule has 1 fully saturated rings. The number of hydrogen-bond acceptors (Lipinski definition) is 1. The highest BCUT2D eigenvalue weighted by atomic mass is 19.1. The minimum atomic E-state index is -0.171. The van der Waals surface area contributed by atoms with E-state index in [-0.39, 0.29) is 5.82 Å². The maximum Gasteiger partial charge on any atom is 0.125 e. The predicted molar refractivity (Wildman–Crippen MR) is 67.8 cm³/mol. The standard InChI is InChI=1S/C14H17FN2/c1-9-12-3-2-11(15)8-13(12)17-14(9)10-4-6-16-7-5-10/h2-3,8,10,16-17H,4-7H2,1H3. The summed E-state index contributed by atoms with van der Waals surface area (Å²) in [6.45, 7) is 4.29. The minimum absolute atomic E-state index is 0.171. The molecular formula is C14H17FN2. The van der Waals surface area contributed by atoms with Crippen molar-refractivity contribution < 1.29 is 4.39 Å². The molecule has 1 aromatic heterocycles. The van der Waals surface area contributed by atoms with Crippen molar-refractivity contribution in [3.63, 3.8) is 0 Å². The lowest BCUT2D eigenvalue weighted by Gasteiger charge is -2.22. The summed E-state index contributed by atoms with van der Waals surface area (Å²) in [6, 6.07) is 5.00. The topological polar surface area (TPSA) is 27.8 Å². The van der Waals surface area contributed by atoms with E-state index in [1.54, 1.807) is 6.07 Å². The van der Waals surface area contributed by atoms with Gasteiger partial charge in [0.05, 0.1) is 0 Å². The molecule has 3 heteroatoms. The van der Waals surface area contributed by atoms with E-state index in [0.29, 0.717) is 5.92 Å². The predicted octanol–water partition coefficient (Wildman–Crippen LogP) is 3.08. The Kier molecular flexibility index (Phi) is 2.63. The third kappa shape index (κ3) is 1.84. The van der Waals surface area contributed by atoms with Gasteiger partial charge in [0.15, 0.2) is 0 Å². The molecule has 0 unspecified atom stereocenters. The van der Waals surface area contributed by atoms with Gasteiger partial charge in [0.2, 0.25) is 0 Å². The Labute approximate surface area is 100 Å². The van der Waals surface area contributed by atoms with Crippen molar-refractivity contribution in [3.05, 3.63) is 35.3 Å². The zero-order chi connectivity index (χ0) is 11.8. The molecule has 0 amide bonds. The van der Waals surface area contributed by atoms with Crippen LogP contribution in [0, 0.1) is 12.7 Å². The lowest BCUT2D eigenvalue weighted by atomic mass is 9.92. The van der Waals surface area contributed by atoms with Gasteiger partial charge in [0, 0.05) is 22.5 Å². The average Bonchev–Trinajstić information content (AvgIpc) is 2.67. The van der Waals surface area contributed by atoms with E-state index < -0.39 is 0 Å². The van der Waals surface area contributed by atoms with E-state index in [0.717, 1.165) is 36.8 Å². The Morgan fingerprint density at radius 1 is 1.24 bits per heavy atom. The summed E-state index contributed by atoms with van der Waals surface area (Å²) in [4.78, 5) is 3.41. The highest BCUT2D eigenvalue weighted by Crippen LogP contribution is 2.32. The first kappa shape index (κ1) is 10.8. The van der Waals surface area contributed by atoms with Gasteiger partial charge in [-0.25, -0.2) is 4.39 Å². The monoisotopic (exact) mass is 232 g/mol. The highest BCUT2D eigenvalue weighted by Gasteiger charge is 2.20. The van der Waals surface area contributed by atoms with Crippen molar-refractivity contribution in [3.8, 4) is 0 Å². The molecule has 2 heterocycles. The molecule has 0 saturated carbocycles. The van der Waals surface area contributed by atoms with Crippen LogP contribution < -0.4 is 5.32 Å². The fraction of sp³-hybridized carbons (Fsp3) is 0.429. The highest BCUT2D eigenvalue weighted by molar-refractivity contribution is 5.84. The molecule has 1 aromatic carbocycles. The normalized spacial score (nSPS) is 17.8. The van der Waals surface area contributed by atoms with Crippen molar-refractivity contribution in [2.24, 2.45) is 0 Å². The number of nitrogens with one attached hydrogen (secondary N) is 2. The summed E-state index contributed by atoms with van der Waals surface area (Å²) >= 11 is 0. The number of piperidine rings is 1. The maximum atomic E-state index is 13.2. The van der Waals surface area contributed by atoms with E-state index in [9.17, 15) is 4.39 Å². The fourth-order valence-corrected chi connectivity index (χ4v) is 2.85. The van der Waals surface area contributed by atoms with Crippen LogP contribution in [0.5, 0.6) is 0 Å². The minimum Gasteiger partial charge on any atom is -0.358 e. The Morgan fingerprint density at radius 3 is 2.76 bits per heavy atom. The van der Waals surface area contributed by atoms with Gasteiger partial charge in [0.25, 0.3) is 0 Å². The third-order valence-corrected chi connectivity index (χ3v) is 3.81. The zero-order valence-corrected chi connectivity index (χ0v) is 10.0. The van der Waals surface area contributed by atoms with E-state index >= 15 is 0 Å². The summed E-state index contributed by atoms with van der Waals surface area (Å²) in [5, 5.41) is 4.53. The van der Waals surface area contributed by atoms with Gasteiger partial charge in [-0.2, -0.15) is 0 Å². The molecule has 17 heavy (non-hydrogen) atoms. The molecule has 0 bridgehead atoms. The number of aryl methyl sites for hydroxylation is 1. The van der Waals surface area contributed by atoms with E-state index in [1.165, 1.54) is 17.3 Å². The first-order valence-electron chi connectivity index (χ1n) is 6.24. The summed E-state index contributed by atoms with van der Waals surface area (Å²) in [7, 11) is 0. The van der Waals surface area contributed by atoms with Crippen molar-refractivity contribution in [1.82, 2.24) is 10.3 Å². The lowest BCUT2D eigenvalue weighted by molar-refractivity contribution is 0.453. The van der Waals surface area contributed by atoms with E-state index in [1.807, 2.05) is 6.07 Å². The number of H-pyrrole nitrogens is 1. The number of benzene rings is 1. The van der Waals surface area contributed by atoms with Gasteiger partial charge in [-0.1, -0.05) is 0 Å². The third-order valence-electron chi connectivity index (χ3n) is 3.81. The van der Waals surface area contributed by atoms with Crippen molar-refractivity contribution in [2.45, 2.75) is 25.7 Å². The van der Waals surface area contributed by atoms with Gasteiger partial charge in [-0.15, -0.1) is 0 Å². The van der Waals surface area contributed by atoms with Crippen LogP contribution in [0.25, 0.3) is 10.9 Å². The molecule has 0 spiro atoms.